The number of allylic oxidation sites excluding steroid dienone is 16. The van der Waals surface area contributed by atoms with Gasteiger partial charge in [-0.25, -0.2) is 0 Å². The lowest BCUT2D eigenvalue weighted by molar-refractivity contribution is -0.143. The standard InChI is InChI=1S/C58H92O2/c1-11-54(32-18-29-49(10)27-16-25-47(8)23-14-21-45(5)6)55(36-37-57(60)58-41-51-38-52(42-58)40-53(39-51)43-58)35-34-50(31-19-33-56(59)12-2)30-17-28-48(9)26-15-24-46(7)22-13-20-44(3)4/h20-21,24-25,28-29,31,51-53H,11-19,22-23,26-27,30,32-43H2,1-10H3. The molecule has 4 fully saturated rings. The van der Waals surface area contributed by atoms with Gasteiger partial charge in [0.05, 0.1) is 0 Å². The zero-order valence-electron chi connectivity index (χ0n) is 41.0. The molecular formula is C58H92O2. The maximum Gasteiger partial charge on any atom is 0.139 e. The van der Waals surface area contributed by atoms with Crippen molar-refractivity contribution in [3.63, 3.8) is 0 Å². The second-order valence-corrected chi connectivity index (χ2v) is 20.5. The Morgan fingerprint density at radius 3 is 1.25 bits per heavy atom. The first-order valence-electron chi connectivity index (χ1n) is 25.0. The monoisotopic (exact) mass is 821 g/mol. The summed E-state index contributed by atoms with van der Waals surface area (Å²) in [5.41, 5.74) is 13.4. The summed E-state index contributed by atoms with van der Waals surface area (Å²) < 4.78 is 0. The Balaban J connectivity index is 1.71. The van der Waals surface area contributed by atoms with Crippen LogP contribution in [0.3, 0.4) is 0 Å². The summed E-state index contributed by atoms with van der Waals surface area (Å²) in [4.78, 5) is 26.6. The van der Waals surface area contributed by atoms with Crippen molar-refractivity contribution >= 4 is 11.6 Å². The van der Waals surface area contributed by atoms with Crippen molar-refractivity contribution in [1.82, 2.24) is 0 Å². The van der Waals surface area contributed by atoms with E-state index in [4.69, 9.17) is 0 Å². The zero-order chi connectivity index (χ0) is 43.9. The van der Waals surface area contributed by atoms with E-state index in [1.54, 1.807) is 11.1 Å². The molecule has 0 aromatic heterocycles. The Morgan fingerprint density at radius 2 is 0.817 bits per heavy atom. The lowest BCUT2D eigenvalue weighted by Crippen LogP contribution is -2.50. The average molecular weight is 821 g/mol. The molecule has 4 rings (SSSR count). The molecule has 0 heterocycles. The van der Waals surface area contributed by atoms with Crippen molar-refractivity contribution in [2.75, 3.05) is 0 Å². The molecule has 2 heteroatoms. The van der Waals surface area contributed by atoms with Gasteiger partial charge in [0.15, 0.2) is 0 Å². The smallest absolute Gasteiger partial charge is 0.139 e. The molecule has 0 N–H and O–H groups in total. The lowest BCUT2D eigenvalue weighted by Gasteiger charge is -2.56. The Morgan fingerprint density at radius 1 is 0.417 bits per heavy atom. The van der Waals surface area contributed by atoms with Gasteiger partial charge in [0.25, 0.3) is 0 Å². The number of rotatable bonds is 30. The van der Waals surface area contributed by atoms with Crippen molar-refractivity contribution in [3.8, 4) is 0 Å². The van der Waals surface area contributed by atoms with Gasteiger partial charge in [-0.3, -0.25) is 9.59 Å². The van der Waals surface area contributed by atoms with Gasteiger partial charge in [0.2, 0.25) is 0 Å². The van der Waals surface area contributed by atoms with Crippen LogP contribution in [0.5, 0.6) is 0 Å². The van der Waals surface area contributed by atoms with Gasteiger partial charge >= 0.3 is 0 Å². The maximum atomic E-state index is 14.3. The molecule has 0 aliphatic heterocycles. The predicted octanol–water partition coefficient (Wildman–Crippen LogP) is 18.1. The normalized spacial score (nSPS) is 22.6. The summed E-state index contributed by atoms with van der Waals surface area (Å²) >= 11 is 0. The predicted molar refractivity (Wildman–Crippen MR) is 263 cm³/mol. The number of ketones is 2. The highest BCUT2D eigenvalue weighted by Gasteiger charge is 2.53. The van der Waals surface area contributed by atoms with Crippen molar-refractivity contribution in [2.24, 2.45) is 23.2 Å². The SMILES string of the molecule is CCC(=O)CCC=C(CCC=C(C)CCC=C(C)CCC=C(C)C)CCC(CCC(=O)C12CC3CC(CC(C3)C1)C2)=C(CC)CCC=C(C)CCC=C(C)CCC=C(C)C. The van der Waals surface area contributed by atoms with Gasteiger partial charge in [0, 0.05) is 24.7 Å². The van der Waals surface area contributed by atoms with Crippen molar-refractivity contribution < 1.29 is 9.59 Å². The van der Waals surface area contributed by atoms with Crippen LogP contribution in [0, 0.1) is 23.2 Å². The minimum atomic E-state index is -0.00832. The maximum absolute atomic E-state index is 14.3. The van der Waals surface area contributed by atoms with Crippen LogP contribution in [0.2, 0.25) is 0 Å². The molecular weight excluding hydrogens is 729 g/mol. The lowest BCUT2D eigenvalue weighted by atomic mass is 9.48. The fourth-order valence-corrected chi connectivity index (χ4v) is 11.0. The van der Waals surface area contributed by atoms with E-state index in [1.807, 2.05) is 6.92 Å². The molecule has 2 nitrogen and oxygen atoms in total. The molecule has 0 unspecified atom stereocenters. The molecule has 4 bridgehead atoms. The van der Waals surface area contributed by atoms with Crippen LogP contribution >= 0.6 is 0 Å². The average Bonchev–Trinajstić information content (AvgIpc) is 3.18. The Kier molecular flexibility index (Phi) is 24.1. The fraction of sp³-hybridized carbons (Fsp3) is 0.690. The Bertz CT molecular complexity index is 1570. The molecule has 4 saturated carbocycles. The summed E-state index contributed by atoms with van der Waals surface area (Å²) in [6.07, 6.45) is 44.9. The molecule has 336 valence electrons. The van der Waals surface area contributed by atoms with Gasteiger partial charge in [-0.15, -0.1) is 0 Å². The molecule has 0 aromatic carbocycles. The number of Topliss-reactive ketones (excluding diaryl/α,β-unsaturated/α-hetero) is 2. The summed E-state index contributed by atoms with van der Waals surface area (Å²) in [7, 11) is 0. The number of hydrogen-bond donors (Lipinski definition) is 0. The number of carbonyl (C=O) groups is 2. The molecule has 0 amide bonds. The van der Waals surface area contributed by atoms with Gasteiger partial charge in [0.1, 0.15) is 11.6 Å². The third kappa shape index (κ3) is 20.0. The van der Waals surface area contributed by atoms with Crippen LogP contribution in [0.15, 0.2) is 92.7 Å². The van der Waals surface area contributed by atoms with Crippen molar-refractivity contribution in [2.45, 2.75) is 236 Å². The van der Waals surface area contributed by atoms with E-state index in [0.29, 0.717) is 24.4 Å². The van der Waals surface area contributed by atoms with E-state index >= 15 is 0 Å². The van der Waals surface area contributed by atoms with Crippen LogP contribution in [0.4, 0.5) is 0 Å². The van der Waals surface area contributed by atoms with E-state index in [1.165, 1.54) is 77.5 Å². The molecule has 60 heavy (non-hydrogen) atoms. The number of carbonyl (C=O) groups excluding carboxylic acids is 2. The molecule has 4 aliphatic rings. The largest absolute Gasteiger partial charge is 0.300 e. The van der Waals surface area contributed by atoms with Crippen LogP contribution in [0.25, 0.3) is 0 Å². The highest BCUT2D eigenvalue weighted by atomic mass is 16.1. The topological polar surface area (TPSA) is 34.1 Å². The highest BCUT2D eigenvalue weighted by Crippen LogP contribution is 2.60. The quantitative estimate of drug-likeness (QED) is 0.0677. The summed E-state index contributed by atoms with van der Waals surface area (Å²) in [5, 5.41) is 0. The Hall–Kier alpha value is -2.74. The second kappa shape index (κ2) is 28.1. The van der Waals surface area contributed by atoms with E-state index < -0.39 is 0 Å². The molecule has 0 radical (unpaired) electrons. The number of hydrogen-bond acceptors (Lipinski definition) is 2. The van der Waals surface area contributed by atoms with E-state index in [0.717, 1.165) is 133 Å². The summed E-state index contributed by atoms with van der Waals surface area (Å²) in [6.45, 7) is 22.2. The molecule has 0 saturated heterocycles. The third-order valence-electron chi connectivity index (χ3n) is 14.4. The van der Waals surface area contributed by atoms with Gasteiger partial charge in [-0.1, -0.05) is 107 Å². The molecule has 0 spiro atoms. The summed E-state index contributed by atoms with van der Waals surface area (Å²) in [5.74, 6) is 3.38. The second-order valence-electron chi connectivity index (χ2n) is 20.5. The van der Waals surface area contributed by atoms with Crippen molar-refractivity contribution in [3.05, 3.63) is 92.7 Å². The van der Waals surface area contributed by atoms with Gasteiger partial charge in [-0.2, -0.15) is 0 Å². The van der Waals surface area contributed by atoms with E-state index in [-0.39, 0.29) is 5.41 Å². The van der Waals surface area contributed by atoms with Gasteiger partial charge in [-0.05, 0) is 221 Å². The van der Waals surface area contributed by atoms with Crippen LogP contribution in [-0.4, -0.2) is 11.6 Å². The minimum Gasteiger partial charge on any atom is -0.300 e. The fourth-order valence-electron chi connectivity index (χ4n) is 11.0. The third-order valence-corrected chi connectivity index (χ3v) is 14.4. The first-order valence-corrected chi connectivity index (χ1v) is 25.0. The highest BCUT2D eigenvalue weighted by molar-refractivity contribution is 5.85. The van der Waals surface area contributed by atoms with Crippen LogP contribution < -0.4 is 0 Å². The first kappa shape index (κ1) is 51.6. The minimum absolute atomic E-state index is 0.00832. The first-order chi connectivity index (χ1) is 28.7. The molecule has 0 atom stereocenters. The van der Waals surface area contributed by atoms with Crippen LogP contribution in [0.1, 0.15) is 236 Å². The Labute approximate surface area is 371 Å². The summed E-state index contributed by atoms with van der Waals surface area (Å²) in [6, 6.07) is 0. The van der Waals surface area contributed by atoms with Crippen LogP contribution in [-0.2, 0) is 9.59 Å². The van der Waals surface area contributed by atoms with Crippen molar-refractivity contribution in [1.29, 1.82) is 0 Å². The van der Waals surface area contributed by atoms with E-state index in [9.17, 15) is 9.59 Å². The molecule has 4 aliphatic carbocycles. The van der Waals surface area contributed by atoms with Gasteiger partial charge < -0.3 is 0 Å². The van der Waals surface area contributed by atoms with E-state index in [2.05, 4.69) is 105 Å². The molecule has 0 aromatic rings. The zero-order valence-corrected chi connectivity index (χ0v) is 41.0.